The van der Waals surface area contributed by atoms with Gasteiger partial charge in [0.15, 0.2) is 0 Å². The van der Waals surface area contributed by atoms with Crippen LogP contribution in [-0.4, -0.2) is 17.0 Å². The minimum Gasteiger partial charge on any atom is -0.393 e. The molecule has 0 heterocycles. The van der Waals surface area contributed by atoms with Crippen molar-refractivity contribution in [3.8, 4) is 0 Å². The molecule has 136 valence electrons. The summed E-state index contributed by atoms with van der Waals surface area (Å²) in [5.74, 6) is 4.60. The normalized spacial score (nSPS) is 57.0. The van der Waals surface area contributed by atoms with Gasteiger partial charge in [-0.05, 0) is 98.7 Å². The molecule has 4 rings (SSSR count). The van der Waals surface area contributed by atoms with Gasteiger partial charge in [0.2, 0.25) is 0 Å². The van der Waals surface area contributed by atoms with Gasteiger partial charge in [0.1, 0.15) is 5.78 Å². The first-order valence-corrected chi connectivity index (χ1v) is 10.5. The van der Waals surface area contributed by atoms with E-state index >= 15 is 0 Å². The predicted octanol–water partition coefficient (Wildman–Crippen LogP) is 4.84. The van der Waals surface area contributed by atoms with Crippen molar-refractivity contribution in [1.29, 1.82) is 0 Å². The van der Waals surface area contributed by atoms with E-state index in [0.29, 0.717) is 23.0 Å². The second-order valence-electron chi connectivity index (χ2n) is 10.4. The number of rotatable bonds is 1. The summed E-state index contributed by atoms with van der Waals surface area (Å²) in [7, 11) is 0. The van der Waals surface area contributed by atoms with E-state index in [1.165, 1.54) is 32.1 Å². The Morgan fingerprint density at radius 3 is 2.29 bits per heavy atom. The van der Waals surface area contributed by atoms with Gasteiger partial charge in [-0.3, -0.25) is 4.79 Å². The molecule has 2 nitrogen and oxygen atoms in total. The zero-order valence-corrected chi connectivity index (χ0v) is 16.1. The number of Topliss-reactive ketones (excluding diaryl/α,β-unsaturated/α-hetero) is 1. The van der Waals surface area contributed by atoms with Gasteiger partial charge in [0.25, 0.3) is 0 Å². The van der Waals surface area contributed by atoms with Crippen molar-refractivity contribution in [1.82, 2.24) is 0 Å². The lowest BCUT2D eigenvalue weighted by atomic mass is 9.43. The third-order valence-electron chi connectivity index (χ3n) is 9.50. The largest absolute Gasteiger partial charge is 0.393 e. The third kappa shape index (κ3) is 2.20. The first-order chi connectivity index (χ1) is 11.3. The van der Waals surface area contributed by atoms with Crippen molar-refractivity contribution >= 4 is 5.78 Å². The number of ketones is 1. The molecule has 0 bridgehead atoms. The molecule has 0 aromatic heterocycles. The molecule has 24 heavy (non-hydrogen) atoms. The van der Waals surface area contributed by atoms with E-state index in [9.17, 15) is 9.90 Å². The highest BCUT2D eigenvalue weighted by atomic mass is 16.3. The maximum absolute atomic E-state index is 12.2. The molecule has 0 amide bonds. The zero-order chi connectivity index (χ0) is 17.3. The molecule has 4 aliphatic rings. The first kappa shape index (κ1) is 17.1. The number of aliphatic hydroxyl groups excluding tert-OH is 1. The summed E-state index contributed by atoms with van der Waals surface area (Å²) >= 11 is 0. The topological polar surface area (TPSA) is 37.3 Å². The Bertz CT molecular complexity index is 528. The Labute approximate surface area is 147 Å². The van der Waals surface area contributed by atoms with Gasteiger partial charge in [-0.25, -0.2) is 0 Å². The second-order valence-corrected chi connectivity index (χ2v) is 10.4. The van der Waals surface area contributed by atoms with Crippen LogP contribution in [0, 0.1) is 46.3 Å². The van der Waals surface area contributed by atoms with Crippen LogP contribution >= 0.6 is 0 Å². The van der Waals surface area contributed by atoms with Gasteiger partial charge < -0.3 is 5.11 Å². The molecular weight excluding hydrogens is 296 g/mol. The lowest BCUT2D eigenvalue weighted by molar-refractivity contribution is -0.151. The highest BCUT2D eigenvalue weighted by Crippen LogP contribution is 2.68. The highest BCUT2D eigenvalue weighted by Gasteiger charge is 2.61. The lowest BCUT2D eigenvalue weighted by Gasteiger charge is -2.62. The highest BCUT2D eigenvalue weighted by molar-refractivity contribution is 5.79. The fourth-order valence-corrected chi connectivity index (χ4v) is 8.38. The van der Waals surface area contributed by atoms with Gasteiger partial charge in [0.05, 0.1) is 6.10 Å². The Balaban J connectivity index is 1.65. The molecule has 0 aliphatic heterocycles. The summed E-state index contributed by atoms with van der Waals surface area (Å²) in [6.07, 6.45) is 9.49. The fourth-order valence-electron chi connectivity index (χ4n) is 8.38. The zero-order valence-electron chi connectivity index (χ0n) is 16.1. The molecule has 2 heteroatoms. The van der Waals surface area contributed by atoms with Crippen molar-refractivity contribution in [2.24, 2.45) is 46.3 Å². The molecule has 9 atom stereocenters. The third-order valence-corrected chi connectivity index (χ3v) is 9.50. The van der Waals surface area contributed by atoms with Gasteiger partial charge >= 0.3 is 0 Å². The van der Waals surface area contributed by atoms with Gasteiger partial charge in [-0.1, -0.05) is 20.8 Å². The number of carbonyl (C=O) groups is 1. The molecule has 1 N–H and O–H groups in total. The second kappa shape index (κ2) is 5.56. The van der Waals surface area contributed by atoms with Crippen LogP contribution in [0.15, 0.2) is 0 Å². The van der Waals surface area contributed by atoms with Crippen LogP contribution in [0.4, 0.5) is 0 Å². The minimum absolute atomic E-state index is 0.0653. The number of hydrogen-bond acceptors (Lipinski definition) is 2. The SMILES string of the molecule is CC(=O)[C@H]1CC[C@H]2[C@@H]3C[C@@H](C)[C@H]4C[C@H](O)CC[C@]4(C)[C@H]3CC[C@]12C. The van der Waals surface area contributed by atoms with Crippen LogP contribution in [0.1, 0.15) is 79.1 Å². The summed E-state index contributed by atoms with van der Waals surface area (Å²) in [4.78, 5) is 12.2. The molecule has 0 spiro atoms. The van der Waals surface area contributed by atoms with Crippen LogP contribution in [0.3, 0.4) is 0 Å². The van der Waals surface area contributed by atoms with Crippen molar-refractivity contribution < 1.29 is 9.90 Å². The molecule has 0 aromatic rings. The summed E-state index contributed by atoms with van der Waals surface area (Å²) in [5, 5.41) is 10.2. The van der Waals surface area contributed by atoms with E-state index in [1.807, 2.05) is 6.92 Å². The Kier molecular flexibility index (Phi) is 3.95. The molecule has 4 saturated carbocycles. The molecule has 4 fully saturated rings. The molecule has 0 saturated heterocycles. The number of carbonyl (C=O) groups excluding carboxylic acids is 1. The average molecular weight is 333 g/mol. The fraction of sp³-hybridized carbons (Fsp3) is 0.955. The van der Waals surface area contributed by atoms with Crippen LogP contribution in [0.5, 0.6) is 0 Å². The molecule has 4 aliphatic carbocycles. The van der Waals surface area contributed by atoms with Crippen LogP contribution < -0.4 is 0 Å². The van der Waals surface area contributed by atoms with Crippen molar-refractivity contribution in [3.05, 3.63) is 0 Å². The van der Waals surface area contributed by atoms with Gasteiger partial charge in [0, 0.05) is 5.92 Å². The number of aliphatic hydroxyl groups is 1. The maximum atomic E-state index is 12.2. The predicted molar refractivity (Wildman–Crippen MR) is 96.5 cm³/mol. The van der Waals surface area contributed by atoms with E-state index in [4.69, 9.17) is 0 Å². The smallest absolute Gasteiger partial charge is 0.133 e. The van der Waals surface area contributed by atoms with E-state index in [2.05, 4.69) is 20.8 Å². The average Bonchev–Trinajstić information content (AvgIpc) is 2.87. The molecule has 0 aromatic carbocycles. The first-order valence-electron chi connectivity index (χ1n) is 10.5. The summed E-state index contributed by atoms with van der Waals surface area (Å²) < 4.78 is 0. The minimum atomic E-state index is -0.0653. The number of hydrogen-bond donors (Lipinski definition) is 1. The van der Waals surface area contributed by atoms with Crippen molar-refractivity contribution in [2.75, 3.05) is 0 Å². The molecular formula is C22H36O2. The molecule has 0 unspecified atom stereocenters. The Hall–Kier alpha value is -0.370. The monoisotopic (exact) mass is 332 g/mol. The van der Waals surface area contributed by atoms with Crippen molar-refractivity contribution in [3.63, 3.8) is 0 Å². The van der Waals surface area contributed by atoms with Crippen molar-refractivity contribution in [2.45, 2.75) is 85.2 Å². The van der Waals surface area contributed by atoms with Gasteiger partial charge in [-0.15, -0.1) is 0 Å². The molecule has 0 radical (unpaired) electrons. The van der Waals surface area contributed by atoms with Crippen LogP contribution in [0.25, 0.3) is 0 Å². The maximum Gasteiger partial charge on any atom is 0.133 e. The summed E-state index contributed by atoms with van der Waals surface area (Å²) in [6, 6.07) is 0. The van der Waals surface area contributed by atoms with Gasteiger partial charge in [-0.2, -0.15) is 0 Å². The summed E-state index contributed by atoms with van der Waals surface area (Å²) in [6.45, 7) is 9.27. The van der Waals surface area contributed by atoms with E-state index in [1.54, 1.807) is 0 Å². The Morgan fingerprint density at radius 2 is 1.58 bits per heavy atom. The van der Waals surface area contributed by atoms with E-state index in [0.717, 1.165) is 42.9 Å². The number of fused-ring (bicyclic) bond motifs is 5. The van der Waals surface area contributed by atoms with E-state index in [-0.39, 0.29) is 11.5 Å². The quantitative estimate of drug-likeness (QED) is 0.746. The van der Waals surface area contributed by atoms with Crippen LogP contribution in [0.2, 0.25) is 0 Å². The summed E-state index contributed by atoms with van der Waals surface area (Å²) in [5.41, 5.74) is 0.696. The lowest BCUT2D eigenvalue weighted by Crippen LogP contribution is -2.56. The standard InChI is InChI=1S/C22H36O2/c1-13-11-16-18-6-5-17(14(2)23)21(18,3)10-8-19(16)22(4)9-7-15(24)12-20(13)22/h13,15-20,24H,5-12H2,1-4H3/t13-,15-,16+,17-,18+,19+,20-,21-,22-/m1/s1. The van der Waals surface area contributed by atoms with E-state index < -0.39 is 0 Å². The Morgan fingerprint density at radius 1 is 0.917 bits per heavy atom. The van der Waals surface area contributed by atoms with Crippen LogP contribution in [-0.2, 0) is 4.79 Å².